The number of thiazole rings is 1. The monoisotopic (exact) mass is 416 g/mol. The van der Waals surface area contributed by atoms with Crippen molar-refractivity contribution in [3.05, 3.63) is 39.0 Å². The molecule has 5 nitrogen and oxygen atoms in total. The summed E-state index contributed by atoms with van der Waals surface area (Å²) in [6.07, 6.45) is 1.16. The minimum Gasteiger partial charge on any atom is -0.297 e. The minimum atomic E-state index is -3.26. The lowest BCUT2D eigenvalue weighted by Gasteiger charge is -1.96. The van der Waals surface area contributed by atoms with Crippen LogP contribution in [0.3, 0.4) is 0 Å². The molecule has 0 aliphatic rings. The molecule has 1 amide bonds. The molecule has 1 N–H and O–H groups in total. The van der Waals surface area contributed by atoms with Gasteiger partial charge in [0.05, 0.1) is 23.8 Å². The second-order valence-electron chi connectivity index (χ2n) is 4.48. The Hall–Kier alpha value is -1.29. The lowest BCUT2D eigenvalue weighted by atomic mass is 10.3. The molecule has 0 unspecified atom stereocenters. The highest BCUT2D eigenvalue weighted by Crippen LogP contribution is 2.29. The summed E-state index contributed by atoms with van der Waals surface area (Å²) in [6, 6.07) is 8.24. The van der Waals surface area contributed by atoms with Gasteiger partial charge in [0.25, 0.3) is 5.91 Å². The highest BCUT2D eigenvalue weighted by atomic mass is 79.9. The molecular weight excluding hydrogens is 408 g/mol. The van der Waals surface area contributed by atoms with Gasteiger partial charge in [-0.3, -0.25) is 10.1 Å². The first-order valence-electron chi connectivity index (χ1n) is 6.00. The zero-order chi connectivity index (χ0) is 15.9. The van der Waals surface area contributed by atoms with E-state index in [4.69, 9.17) is 0 Å². The van der Waals surface area contributed by atoms with Gasteiger partial charge in [0, 0.05) is 6.26 Å². The lowest BCUT2D eigenvalue weighted by molar-refractivity contribution is 0.103. The number of nitrogens with zero attached hydrogens (tertiary/aromatic N) is 1. The van der Waals surface area contributed by atoms with Crippen molar-refractivity contribution in [3.8, 4) is 0 Å². The first-order valence-corrected chi connectivity index (χ1v) is 10.3. The molecule has 0 radical (unpaired) electrons. The summed E-state index contributed by atoms with van der Waals surface area (Å²) in [5, 5.41) is 3.17. The average molecular weight is 417 g/mol. The van der Waals surface area contributed by atoms with Crippen LogP contribution in [-0.2, 0) is 9.84 Å². The average Bonchev–Trinajstić information content (AvgIpc) is 3.02. The Balaban J connectivity index is 1.90. The summed E-state index contributed by atoms with van der Waals surface area (Å²) in [4.78, 5) is 17.2. The van der Waals surface area contributed by atoms with Gasteiger partial charge in [-0.2, -0.15) is 0 Å². The zero-order valence-electron chi connectivity index (χ0n) is 11.2. The molecule has 1 aromatic carbocycles. The predicted molar refractivity (Wildman–Crippen MR) is 92.7 cm³/mol. The summed E-state index contributed by atoms with van der Waals surface area (Å²) >= 11 is 5.88. The molecule has 9 heteroatoms. The summed E-state index contributed by atoms with van der Waals surface area (Å²) in [6.45, 7) is 0. The Morgan fingerprint density at radius 1 is 1.23 bits per heavy atom. The van der Waals surface area contributed by atoms with Gasteiger partial charge in [0.2, 0.25) is 0 Å². The van der Waals surface area contributed by atoms with Crippen LogP contribution >= 0.6 is 38.6 Å². The molecule has 0 aliphatic carbocycles. The molecule has 0 fully saturated rings. The Kier molecular flexibility index (Phi) is 4.06. The number of fused-ring (bicyclic) bond motifs is 1. The number of hydrogen-bond acceptors (Lipinski definition) is 6. The lowest BCUT2D eigenvalue weighted by Crippen LogP contribution is -2.09. The molecule has 0 aliphatic heterocycles. The van der Waals surface area contributed by atoms with Crippen LogP contribution < -0.4 is 5.32 Å². The summed E-state index contributed by atoms with van der Waals surface area (Å²) in [7, 11) is -3.26. The minimum absolute atomic E-state index is 0.238. The van der Waals surface area contributed by atoms with Crippen molar-refractivity contribution in [1.29, 1.82) is 0 Å². The van der Waals surface area contributed by atoms with Crippen molar-refractivity contribution in [2.45, 2.75) is 4.90 Å². The number of sulfone groups is 1. The molecule has 3 rings (SSSR count). The van der Waals surface area contributed by atoms with Gasteiger partial charge in [-0.15, -0.1) is 11.3 Å². The second kappa shape index (κ2) is 5.73. The van der Waals surface area contributed by atoms with Gasteiger partial charge in [-0.1, -0.05) is 11.3 Å². The molecule has 2 heterocycles. The summed E-state index contributed by atoms with van der Waals surface area (Å²) < 4.78 is 24.7. The van der Waals surface area contributed by atoms with Gasteiger partial charge in [-0.05, 0) is 46.3 Å². The van der Waals surface area contributed by atoms with Crippen LogP contribution in [0.1, 0.15) is 9.67 Å². The largest absolute Gasteiger partial charge is 0.297 e. The van der Waals surface area contributed by atoms with E-state index in [2.05, 4.69) is 26.2 Å². The Morgan fingerprint density at radius 2 is 2.00 bits per heavy atom. The first kappa shape index (κ1) is 15.6. The van der Waals surface area contributed by atoms with E-state index in [9.17, 15) is 13.2 Å². The fourth-order valence-corrected chi connectivity index (χ4v) is 4.69. The van der Waals surface area contributed by atoms with Gasteiger partial charge < -0.3 is 0 Å². The van der Waals surface area contributed by atoms with Crippen LogP contribution in [0.4, 0.5) is 5.13 Å². The molecule has 0 saturated heterocycles. The molecule has 0 spiro atoms. The molecule has 114 valence electrons. The van der Waals surface area contributed by atoms with Crippen molar-refractivity contribution in [3.63, 3.8) is 0 Å². The second-order valence-corrected chi connectivity index (χ2v) is 9.99. The van der Waals surface area contributed by atoms with Crippen LogP contribution in [0.2, 0.25) is 0 Å². The fraction of sp³-hybridized carbons (Fsp3) is 0.0769. The van der Waals surface area contributed by atoms with Crippen LogP contribution in [-0.4, -0.2) is 25.6 Å². The van der Waals surface area contributed by atoms with E-state index in [1.807, 2.05) is 0 Å². The molecule has 0 atom stereocenters. The first-order chi connectivity index (χ1) is 10.3. The number of carbonyl (C=O) groups is 1. The molecule has 0 bridgehead atoms. The number of carbonyl (C=O) groups excluding carboxylic acids is 1. The van der Waals surface area contributed by atoms with E-state index in [0.717, 1.165) is 10.0 Å². The SMILES string of the molecule is CS(=O)(=O)c1ccc2nc(NC(=O)c3ccc(Br)s3)sc2c1. The van der Waals surface area contributed by atoms with Gasteiger partial charge in [0.15, 0.2) is 15.0 Å². The number of thiophene rings is 1. The van der Waals surface area contributed by atoms with Crippen molar-refractivity contribution in [2.75, 3.05) is 11.6 Å². The highest BCUT2D eigenvalue weighted by molar-refractivity contribution is 9.11. The van der Waals surface area contributed by atoms with Crippen LogP contribution in [0.25, 0.3) is 10.2 Å². The number of benzene rings is 1. The maximum Gasteiger partial charge on any atom is 0.267 e. The summed E-state index contributed by atoms with van der Waals surface area (Å²) in [5.74, 6) is -0.238. The third-order valence-corrected chi connectivity index (χ3v) is 6.47. The third-order valence-electron chi connectivity index (χ3n) is 2.81. The summed E-state index contributed by atoms with van der Waals surface area (Å²) in [5.41, 5.74) is 0.653. The van der Waals surface area contributed by atoms with Crippen molar-refractivity contribution < 1.29 is 13.2 Å². The van der Waals surface area contributed by atoms with Crippen LogP contribution in [0.5, 0.6) is 0 Å². The van der Waals surface area contributed by atoms with Gasteiger partial charge >= 0.3 is 0 Å². The molecule has 0 saturated carbocycles. The number of anilines is 1. The fourth-order valence-electron chi connectivity index (χ4n) is 1.78. The van der Waals surface area contributed by atoms with Crippen molar-refractivity contribution >= 4 is 69.7 Å². The highest BCUT2D eigenvalue weighted by Gasteiger charge is 2.14. The quantitative estimate of drug-likeness (QED) is 0.704. The van der Waals surface area contributed by atoms with Gasteiger partial charge in [0.1, 0.15) is 0 Å². The Labute approximate surface area is 143 Å². The maximum absolute atomic E-state index is 12.1. The van der Waals surface area contributed by atoms with E-state index in [1.54, 1.807) is 24.3 Å². The standard InChI is InChI=1S/C13H9BrN2O3S3/c1-22(18,19)7-2-3-8-10(6-7)21-13(15-8)16-12(17)9-4-5-11(14)20-9/h2-6H,1H3,(H,15,16,17). The van der Waals surface area contributed by atoms with Crippen LogP contribution in [0.15, 0.2) is 39.0 Å². The number of amides is 1. The number of halogens is 1. The Bertz CT molecular complexity index is 976. The molecule has 3 aromatic rings. The van der Waals surface area contributed by atoms with Crippen LogP contribution in [0, 0.1) is 0 Å². The number of nitrogens with one attached hydrogen (secondary N) is 1. The smallest absolute Gasteiger partial charge is 0.267 e. The number of hydrogen-bond donors (Lipinski definition) is 1. The number of rotatable bonds is 3. The van der Waals surface area contributed by atoms with E-state index in [-0.39, 0.29) is 10.8 Å². The van der Waals surface area contributed by atoms with E-state index < -0.39 is 9.84 Å². The van der Waals surface area contributed by atoms with Gasteiger partial charge in [-0.25, -0.2) is 13.4 Å². The van der Waals surface area contributed by atoms with E-state index in [0.29, 0.717) is 20.2 Å². The maximum atomic E-state index is 12.1. The normalized spacial score (nSPS) is 11.7. The third kappa shape index (κ3) is 3.22. The Morgan fingerprint density at radius 3 is 2.64 bits per heavy atom. The molecule has 22 heavy (non-hydrogen) atoms. The molecule has 2 aromatic heterocycles. The topological polar surface area (TPSA) is 76.1 Å². The van der Waals surface area contributed by atoms with E-state index >= 15 is 0 Å². The van der Waals surface area contributed by atoms with Crippen molar-refractivity contribution in [2.24, 2.45) is 0 Å². The number of aromatic nitrogens is 1. The van der Waals surface area contributed by atoms with E-state index in [1.165, 1.54) is 28.7 Å². The predicted octanol–water partition coefficient (Wildman–Crippen LogP) is 3.78. The zero-order valence-corrected chi connectivity index (χ0v) is 15.2. The van der Waals surface area contributed by atoms with Crippen molar-refractivity contribution in [1.82, 2.24) is 4.98 Å². The molecular formula is C13H9BrN2O3S3.